The minimum atomic E-state index is 0.691. The van der Waals surface area contributed by atoms with E-state index >= 15 is 0 Å². The summed E-state index contributed by atoms with van der Waals surface area (Å²) in [5.41, 5.74) is 1.34. The Balaban J connectivity index is 1.76. The molecule has 3 rings (SSSR count). The van der Waals surface area contributed by atoms with E-state index in [1.54, 1.807) is 0 Å². The van der Waals surface area contributed by atoms with Crippen LogP contribution in [0, 0.1) is 0 Å². The normalized spacial score (nSPS) is 27.1. The molecule has 1 N–H and O–H groups in total. The van der Waals surface area contributed by atoms with Gasteiger partial charge in [0.05, 0.1) is 6.61 Å². The fourth-order valence-electron chi connectivity index (χ4n) is 3.31. The van der Waals surface area contributed by atoms with E-state index in [0.717, 1.165) is 25.4 Å². The van der Waals surface area contributed by atoms with Crippen molar-refractivity contribution in [3.8, 4) is 5.75 Å². The van der Waals surface area contributed by atoms with Gasteiger partial charge >= 0.3 is 0 Å². The quantitative estimate of drug-likeness (QED) is 0.886. The highest BCUT2D eigenvalue weighted by Gasteiger charge is 2.34. The summed E-state index contributed by atoms with van der Waals surface area (Å²) in [4.78, 5) is 2.57. The topological polar surface area (TPSA) is 24.5 Å². The summed E-state index contributed by atoms with van der Waals surface area (Å²) in [6.45, 7) is 4.98. The molecule has 1 saturated heterocycles. The van der Waals surface area contributed by atoms with Crippen molar-refractivity contribution in [1.82, 2.24) is 5.32 Å². The molecule has 3 heteroatoms. The van der Waals surface area contributed by atoms with E-state index in [1.165, 1.54) is 24.9 Å². The monoisotopic (exact) mass is 246 g/mol. The van der Waals surface area contributed by atoms with Gasteiger partial charge in [-0.2, -0.15) is 0 Å². The molecule has 0 spiro atoms. The number of rotatable bonds is 3. The maximum absolute atomic E-state index is 5.50. The highest BCUT2D eigenvalue weighted by molar-refractivity contribution is 5.51. The number of benzene rings is 1. The Hall–Kier alpha value is -1.22. The summed E-state index contributed by atoms with van der Waals surface area (Å²) in [7, 11) is 0. The molecule has 0 bridgehead atoms. The third-order valence-corrected chi connectivity index (χ3v) is 4.12. The average molecular weight is 246 g/mol. The molecule has 2 fully saturated rings. The number of nitrogens with one attached hydrogen (secondary N) is 1. The molecule has 0 aromatic heterocycles. The first kappa shape index (κ1) is 11.8. The zero-order chi connectivity index (χ0) is 12.4. The zero-order valence-electron chi connectivity index (χ0n) is 11.1. The molecule has 0 unspecified atom stereocenters. The van der Waals surface area contributed by atoms with Crippen molar-refractivity contribution in [3.63, 3.8) is 0 Å². The van der Waals surface area contributed by atoms with Crippen molar-refractivity contribution in [2.24, 2.45) is 0 Å². The van der Waals surface area contributed by atoms with Crippen LogP contribution in [0.25, 0.3) is 0 Å². The van der Waals surface area contributed by atoms with Crippen LogP contribution in [0.15, 0.2) is 24.3 Å². The number of hydrogen-bond donors (Lipinski definition) is 1. The van der Waals surface area contributed by atoms with Crippen LogP contribution < -0.4 is 15.0 Å². The highest BCUT2D eigenvalue weighted by Crippen LogP contribution is 2.31. The van der Waals surface area contributed by atoms with Crippen molar-refractivity contribution in [2.45, 2.75) is 38.3 Å². The maximum Gasteiger partial charge on any atom is 0.119 e. The second kappa shape index (κ2) is 5.19. The van der Waals surface area contributed by atoms with Crippen LogP contribution in [0.3, 0.4) is 0 Å². The van der Waals surface area contributed by atoms with Crippen molar-refractivity contribution >= 4 is 5.69 Å². The van der Waals surface area contributed by atoms with E-state index in [0.29, 0.717) is 12.1 Å². The molecule has 0 radical (unpaired) electrons. The Morgan fingerprint density at radius 1 is 1.28 bits per heavy atom. The second-order valence-corrected chi connectivity index (χ2v) is 5.18. The van der Waals surface area contributed by atoms with E-state index in [2.05, 4.69) is 34.5 Å². The van der Waals surface area contributed by atoms with E-state index in [1.807, 2.05) is 6.92 Å². The number of fused-ring (bicyclic) bond motifs is 1. The summed E-state index contributed by atoms with van der Waals surface area (Å²) in [5.74, 6) is 0.972. The van der Waals surface area contributed by atoms with Crippen LogP contribution in [0.2, 0.25) is 0 Å². The van der Waals surface area contributed by atoms with Crippen LogP contribution in [-0.2, 0) is 0 Å². The summed E-state index contributed by atoms with van der Waals surface area (Å²) >= 11 is 0. The first-order chi connectivity index (χ1) is 8.88. The molecule has 0 amide bonds. The Labute approximate surface area is 109 Å². The largest absolute Gasteiger partial charge is 0.494 e. The first-order valence-corrected chi connectivity index (χ1v) is 7.11. The van der Waals surface area contributed by atoms with Gasteiger partial charge in [0.25, 0.3) is 0 Å². The predicted molar refractivity (Wildman–Crippen MR) is 74.4 cm³/mol. The molecular weight excluding hydrogens is 224 g/mol. The van der Waals surface area contributed by atoms with Crippen molar-refractivity contribution < 1.29 is 4.74 Å². The fraction of sp³-hybridized carbons (Fsp3) is 0.600. The fourth-order valence-corrected chi connectivity index (χ4v) is 3.31. The Morgan fingerprint density at radius 3 is 2.89 bits per heavy atom. The SMILES string of the molecule is CCOc1ccc(N2CCN[C@H]3CCC[C@H]32)cc1. The molecule has 2 atom stereocenters. The van der Waals surface area contributed by atoms with E-state index in [9.17, 15) is 0 Å². The van der Waals surface area contributed by atoms with Gasteiger partial charge in [-0.25, -0.2) is 0 Å². The van der Waals surface area contributed by atoms with Crippen molar-refractivity contribution in [3.05, 3.63) is 24.3 Å². The smallest absolute Gasteiger partial charge is 0.119 e. The van der Waals surface area contributed by atoms with Gasteiger partial charge in [-0.15, -0.1) is 0 Å². The van der Waals surface area contributed by atoms with Crippen LogP contribution in [0.1, 0.15) is 26.2 Å². The molecule has 1 aliphatic carbocycles. The van der Waals surface area contributed by atoms with Crippen LogP contribution in [0.5, 0.6) is 5.75 Å². The number of anilines is 1. The van der Waals surface area contributed by atoms with E-state index < -0.39 is 0 Å². The standard InChI is InChI=1S/C15H22N2O/c1-2-18-13-8-6-12(7-9-13)17-11-10-16-14-4-3-5-15(14)17/h6-9,14-16H,2-5,10-11H2,1H3/t14-,15+/m0/s1. The minimum Gasteiger partial charge on any atom is -0.494 e. The van der Waals surface area contributed by atoms with Crippen LogP contribution in [-0.4, -0.2) is 31.8 Å². The number of ether oxygens (including phenoxy) is 1. The summed E-state index contributed by atoms with van der Waals surface area (Å²) in [5, 5.41) is 3.65. The molecule has 1 heterocycles. The molecule has 98 valence electrons. The maximum atomic E-state index is 5.50. The molecule has 1 saturated carbocycles. The molecule has 1 aromatic rings. The lowest BCUT2D eigenvalue weighted by Crippen LogP contribution is -2.55. The Morgan fingerprint density at radius 2 is 2.11 bits per heavy atom. The second-order valence-electron chi connectivity index (χ2n) is 5.18. The summed E-state index contributed by atoms with van der Waals surface area (Å²) in [6.07, 6.45) is 4.01. The lowest BCUT2D eigenvalue weighted by atomic mass is 10.1. The highest BCUT2D eigenvalue weighted by atomic mass is 16.5. The zero-order valence-corrected chi connectivity index (χ0v) is 11.1. The van der Waals surface area contributed by atoms with Crippen LogP contribution in [0.4, 0.5) is 5.69 Å². The first-order valence-electron chi connectivity index (χ1n) is 7.11. The van der Waals surface area contributed by atoms with Gasteiger partial charge in [0.15, 0.2) is 0 Å². The molecule has 18 heavy (non-hydrogen) atoms. The Bertz CT molecular complexity index is 390. The van der Waals surface area contributed by atoms with Gasteiger partial charge in [-0.05, 0) is 50.5 Å². The van der Waals surface area contributed by atoms with E-state index in [-0.39, 0.29) is 0 Å². The van der Waals surface area contributed by atoms with Gasteiger partial charge in [-0.3, -0.25) is 0 Å². The molecule has 3 nitrogen and oxygen atoms in total. The van der Waals surface area contributed by atoms with Gasteiger partial charge in [-0.1, -0.05) is 0 Å². The number of hydrogen-bond acceptors (Lipinski definition) is 3. The lowest BCUT2D eigenvalue weighted by molar-refractivity contribution is 0.340. The van der Waals surface area contributed by atoms with Crippen LogP contribution >= 0.6 is 0 Å². The molecule has 1 aromatic carbocycles. The summed E-state index contributed by atoms with van der Waals surface area (Å²) < 4.78 is 5.50. The predicted octanol–water partition coefficient (Wildman–Crippen LogP) is 2.42. The van der Waals surface area contributed by atoms with Gasteiger partial charge in [0.1, 0.15) is 5.75 Å². The molecular formula is C15H22N2O. The average Bonchev–Trinajstić information content (AvgIpc) is 2.88. The third-order valence-electron chi connectivity index (χ3n) is 4.12. The molecule has 1 aliphatic heterocycles. The number of piperazine rings is 1. The van der Waals surface area contributed by atoms with Gasteiger partial charge < -0.3 is 15.0 Å². The molecule has 2 aliphatic rings. The van der Waals surface area contributed by atoms with Crippen molar-refractivity contribution in [1.29, 1.82) is 0 Å². The van der Waals surface area contributed by atoms with E-state index in [4.69, 9.17) is 4.74 Å². The Kier molecular flexibility index (Phi) is 3.41. The van der Waals surface area contributed by atoms with Gasteiger partial charge in [0.2, 0.25) is 0 Å². The van der Waals surface area contributed by atoms with Crippen molar-refractivity contribution in [2.75, 3.05) is 24.6 Å². The number of nitrogens with zero attached hydrogens (tertiary/aromatic N) is 1. The lowest BCUT2D eigenvalue weighted by Gasteiger charge is -2.40. The van der Waals surface area contributed by atoms with Gasteiger partial charge in [0, 0.05) is 30.9 Å². The third kappa shape index (κ3) is 2.19. The summed E-state index contributed by atoms with van der Waals surface area (Å²) in [6, 6.07) is 9.97. The minimum absolute atomic E-state index is 0.691.